The highest BCUT2D eigenvalue weighted by Gasteiger charge is 2.25. The van der Waals surface area contributed by atoms with Gasteiger partial charge >= 0.3 is 0 Å². The van der Waals surface area contributed by atoms with Crippen molar-refractivity contribution in [2.24, 2.45) is 12.0 Å². The maximum Gasteiger partial charge on any atom is 0.191 e. The molecule has 1 saturated heterocycles. The van der Waals surface area contributed by atoms with Crippen molar-refractivity contribution in [1.82, 2.24) is 25.3 Å². The van der Waals surface area contributed by atoms with Crippen molar-refractivity contribution in [2.45, 2.75) is 72.0 Å². The quantitative estimate of drug-likeness (QED) is 0.610. The molecule has 2 N–H and O–H groups in total. The normalized spacial score (nSPS) is 22.2. The fourth-order valence-corrected chi connectivity index (χ4v) is 3.98. The molecular weight excluding hydrogens is 312 g/mol. The standard InChI is InChI=1S/C19H36N6/c1-7-17-16(18(8-2)24(6)23-17)13-21-19(20-5)22-15-10-11-25(9-3)14(4)12-15/h14-15H,7-13H2,1-6H3,(H2,20,21,22). The number of nitrogens with one attached hydrogen (secondary N) is 2. The van der Waals surface area contributed by atoms with Crippen LogP contribution in [-0.4, -0.2) is 52.9 Å². The molecule has 0 aliphatic carbocycles. The molecule has 0 saturated carbocycles. The van der Waals surface area contributed by atoms with Gasteiger partial charge in [0.1, 0.15) is 0 Å². The molecule has 2 atom stereocenters. The molecule has 0 spiro atoms. The molecule has 1 fully saturated rings. The van der Waals surface area contributed by atoms with E-state index in [1.807, 2.05) is 18.8 Å². The summed E-state index contributed by atoms with van der Waals surface area (Å²) in [6, 6.07) is 1.13. The zero-order chi connectivity index (χ0) is 18.4. The van der Waals surface area contributed by atoms with E-state index >= 15 is 0 Å². The first-order valence-corrected chi connectivity index (χ1v) is 9.78. The van der Waals surface area contributed by atoms with Crippen molar-refractivity contribution in [2.75, 3.05) is 20.1 Å². The Bertz CT molecular complexity index is 577. The minimum absolute atomic E-state index is 0.495. The number of rotatable bonds is 6. The van der Waals surface area contributed by atoms with Crippen LogP contribution < -0.4 is 10.6 Å². The van der Waals surface area contributed by atoms with Crippen LogP contribution in [0.5, 0.6) is 0 Å². The summed E-state index contributed by atoms with van der Waals surface area (Å²) >= 11 is 0. The molecule has 0 aromatic carbocycles. The maximum atomic E-state index is 4.66. The van der Waals surface area contributed by atoms with Gasteiger partial charge in [0.05, 0.1) is 5.69 Å². The molecule has 2 rings (SSSR count). The number of aryl methyl sites for hydroxylation is 2. The van der Waals surface area contributed by atoms with Gasteiger partial charge in [-0.25, -0.2) is 0 Å². The van der Waals surface area contributed by atoms with Crippen molar-refractivity contribution in [1.29, 1.82) is 0 Å². The molecule has 1 aliphatic rings. The molecule has 142 valence electrons. The maximum absolute atomic E-state index is 4.66. The van der Waals surface area contributed by atoms with E-state index in [-0.39, 0.29) is 0 Å². The molecule has 2 unspecified atom stereocenters. The fraction of sp³-hybridized carbons (Fsp3) is 0.789. The Kier molecular flexibility index (Phi) is 7.29. The molecule has 0 radical (unpaired) electrons. The second-order valence-corrected chi connectivity index (χ2v) is 6.97. The Balaban J connectivity index is 1.95. The van der Waals surface area contributed by atoms with Crippen LogP contribution in [-0.2, 0) is 26.4 Å². The van der Waals surface area contributed by atoms with Crippen LogP contribution in [0, 0.1) is 0 Å². The van der Waals surface area contributed by atoms with Gasteiger partial charge in [0.2, 0.25) is 0 Å². The van der Waals surface area contributed by atoms with E-state index in [1.165, 1.54) is 29.8 Å². The Morgan fingerprint density at radius 1 is 1.28 bits per heavy atom. The molecule has 1 aliphatic heterocycles. The highest BCUT2D eigenvalue weighted by Crippen LogP contribution is 2.17. The molecule has 0 bridgehead atoms. The van der Waals surface area contributed by atoms with Gasteiger partial charge in [-0.15, -0.1) is 0 Å². The summed E-state index contributed by atoms with van der Waals surface area (Å²) in [5.74, 6) is 0.898. The van der Waals surface area contributed by atoms with E-state index in [0.717, 1.165) is 38.4 Å². The third-order valence-electron chi connectivity index (χ3n) is 5.44. The highest BCUT2D eigenvalue weighted by molar-refractivity contribution is 5.80. The smallest absolute Gasteiger partial charge is 0.191 e. The summed E-state index contributed by atoms with van der Waals surface area (Å²) in [4.78, 5) is 6.98. The average molecular weight is 349 g/mol. The monoisotopic (exact) mass is 348 g/mol. The molecule has 6 heteroatoms. The van der Waals surface area contributed by atoms with Crippen LogP contribution in [0.1, 0.15) is 57.5 Å². The Morgan fingerprint density at radius 2 is 2.04 bits per heavy atom. The van der Waals surface area contributed by atoms with E-state index in [1.54, 1.807) is 0 Å². The third-order valence-corrected chi connectivity index (χ3v) is 5.44. The summed E-state index contributed by atoms with van der Waals surface area (Å²) in [5.41, 5.74) is 3.82. The minimum atomic E-state index is 0.495. The molecule has 1 aromatic rings. The Morgan fingerprint density at radius 3 is 2.60 bits per heavy atom. The predicted octanol–water partition coefficient (Wildman–Crippen LogP) is 2.08. The first kappa shape index (κ1) is 19.8. The second-order valence-electron chi connectivity index (χ2n) is 6.97. The van der Waals surface area contributed by atoms with Gasteiger partial charge in [-0.2, -0.15) is 5.10 Å². The first-order chi connectivity index (χ1) is 12.0. The number of hydrogen-bond acceptors (Lipinski definition) is 3. The molecular formula is C19H36N6. The lowest BCUT2D eigenvalue weighted by Crippen LogP contribution is -2.51. The van der Waals surface area contributed by atoms with Gasteiger partial charge < -0.3 is 15.5 Å². The topological polar surface area (TPSA) is 57.5 Å². The van der Waals surface area contributed by atoms with Crippen LogP contribution in [0.4, 0.5) is 0 Å². The van der Waals surface area contributed by atoms with Crippen LogP contribution in [0.15, 0.2) is 4.99 Å². The van der Waals surface area contributed by atoms with Crippen molar-refractivity contribution in [3.8, 4) is 0 Å². The van der Waals surface area contributed by atoms with Crippen molar-refractivity contribution in [3.05, 3.63) is 17.0 Å². The lowest BCUT2D eigenvalue weighted by molar-refractivity contribution is 0.149. The number of nitrogens with zero attached hydrogens (tertiary/aromatic N) is 4. The Hall–Kier alpha value is -1.56. The van der Waals surface area contributed by atoms with E-state index in [0.29, 0.717) is 12.1 Å². The summed E-state index contributed by atoms with van der Waals surface area (Å²) < 4.78 is 2.02. The lowest BCUT2D eigenvalue weighted by atomic mass is 9.98. The molecule has 1 aromatic heterocycles. The number of aromatic nitrogens is 2. The molecule has 25 heavy (non-hydrogen) atoms. The van der Waals surface area contributed by atoms with Gasteiger partial charge in [0.25, 0.3) is 0 Å². The number of guanidine groups is 1. The second kappa shape index (κ2) is 9.22. The largest absolute Gasteiger partial charge is 0.354 e. The van der Waals surface area contributed by atoms with Gasteiger partial charge in [0, 0.05) is 50.5 Å². The van der Waals surface area contributed by atoms with Crippen molar-refractivity contribution >= 4 is 5.96 Å². The van der Waals surface area contributed by atoms with E-state index in [4.69, 9.17) is 0 Å². The van der Waals surface area contributed by atoms with E-state index in [2.05, 4.69) is 53.3 Å². The Labute approximate surface area is 153 Å². The van der Waals surface area contributed by atoms with Crippen molar-refractivity contribution < 1.29 is 0 Å². The number of likely N-dealkylation sites (tertiary alicyclic amines) is 1. The minimum Gasteiger partial charge on any atom is -0.354 e. The van der Waals surface area contributed by atoms with Gasteiger partial charge in [-0.05, 0) is 39.2 Å². The van der Waals surface area contributed by atoms with Crippen LogP contribution in [0.25, 0.3) is 0 Å². The molecule has 6 nitrogen and oxygen atoms in total. The summed E-state index contributed by atoms with van der Waals surface area (Å²) in [6.45, 7) is 12.0. The van der Waals surface area contributed by atoms with Crippen LogP contribution in [0.2, 0.25) is 0 Å². The molecule has 0 amide bonds. The average Bonchev–Trinajstić information content (AvgIpc) is 2.93. The number of aliphatic imine (C=N–C) groups is 1. The third kappa shape index (κ3) is 4.75. The van der Waals surface area contributed by atoms with Gasteiger partial charge in [0.15, 0.2) is 5.96 Å². The lowest BCUT2D eigenvalue weighted by Gasteiger charge is -2.37. The van der Waals surface area contributed by atoms with Crippen LogP contribution in [0.3, 0.4) is 0 Å². The highest BCUT2D eigenvalue weighted by atomic mass is 15.3. The molecule has 2 heterocycles. The fourth-order valence-electron chi connectivity index (χ4n) is 3.98. The number of hydrogen-bond donors (Lipinski definition) is 2. The van der Waals surface area contributed by atoms with Crippen molar-refractivity contribution in [3.63, 3.8) is 0 Å². The van der Waals surface area contributed by atoms with Gasteiger partial charge in [-0.3, -0.25) is 9.67 Å². The predicted molar refractivity (Wildman–Crippen MR) is 105 cm³/mol. The summed E-state index contributed by atoms with van der Waals surface area (Å²) in [6.07, 6.45) is 4.30. The zero-order valence-electron chi connectivity index (χ0n) is 16.9. The number of piperidine rings is 1. The SMILES string of the molecule is CCc1nn(C)c(CC)c1CNC(=NC)NC1CCN(CC)C(C)C1. The van der Waals surface area contributed by atoms with E-state index < -0.39 is 0 Å². The van der Waals surface area contributed by atoms with Crippen LogP contribution >= 0.6 is 0 Å². The van der Waals surface area contributed by atoms with Gasteiger partial charge in [-0.1, -0.05) is 20.8 Å². The first-order valence-electron chi connectivity index (χ1n) is 9.78. The summed E-state index contributed by atoms with van der Waals surface area (Å²) in [5, 5.41) is 11.8. The zero-order valence-corrected chi connectivity index (χ0v) is 16.9. The van der Waals surface area contributed by atoms with E-state index in [9.17, 15) is 0 Å². The summed E-state index contributed by atoms with van der Waals surface area (Å²) in [7, 11) is 3.89.